The van der Waals surface area contributed by atoms with Gasteiger partial charge in [0.2, 0.25) is 0 Å². The van der Waals surface area contributed by atoms with Crippen LogP contribution < -0.4 is 10.00 Å². The van der Waals surface area contributed by atoms with Gasteiger partial charge in [0.25, 0.3) is 7.82 Å². The minimum absolute atomic E-state index is 0. The van der Waals surface area contributed by atoms with Gasteiger partial charge in [-0.25, -0.2) is 0 Å². The van der Waals surface area contributed by atoms with Crippen LogP contribution in [0.5, 0.6) is 0 Å². The maximum absolute atomic E-state index is 9.79. The number of carbonyl (C=O) groups excluding carboxylic acids is 1. The van der Waals surface area contributed by atoms with E-state index in [2.05, 4.69) is 4.52 Å². The van der Waals surface area contributed by atoms with Gasteiger partial charge < -0.3 is 29.3 Å². The fraction of sp³-hybridized carbons (Fsp3) is 0.667. The molecule has 0 fully saturated rings. The van der Waals surface area contributed by atoms with Gasteiger partial charge in [0, 0.05) is 0 Å². The maximum Gasteiger partial charge on any atom is 2.00 e. The SMILES string of the molecule is O=C([O-])C(O)COP(=O)([O-])O.[Ba+2]. The van der Waals surface area contributed by atoms with Crippen LogP contribution in [0.3, 0.4) is 0 Å². The summed E-state index contributed by atoms with van der Waals surface area (Å²) in [4.78, 5) is 27.4. The molecule has 0 aromatic heterocycles. The molecular weight excluding hydrogens is 316 g/mol. The van der Waals surface area contributed by atoms with Crippen molar-refractivity contribution in [3.8, 4) is 0 Å². The molecule has 0 aromatic carbocycles. The molecule has 0 aliphatic carbocycles. The zero-order valence-corrected chi connectivity index (χ0v) is 11.2. The summed E-state index contributed by atoms with van der Waals surface area (Å²) in [5, 5.41) is 18.0. The number of rotatable bonds is 4. The smallest absolute Gasteiger partial charge is 0.756 e. The van der Waals surface area contributed by atoms with Crippen molar-refractivity contribution in [2.75, 3.05) is 6.61 Å². The molecule has 0 saturated carbocycles. The Morgan fingerprint density at radius 1 is 1.67 bits per heavy atom. The van der Waals surface area contributed by atoms with Gasteiger partial charge in [-0.1, -0.05) is 0 Å². The first kappa shape index (κ1) is 15.6. The largest absolute Gasteiger partial charge is 2.00 e. The van der Waals surface area contributed by atoms with Crippen LogP contribution in [0, 0.1) is 0 Å². The number of phosphoric acid groups is 1. The number of carbonyl (C=O) groups is 1. The van der Waals surface area contributed by atoms with Crippen LogP contribution in [0.1, 0.15) is 0 Å². The van der Waals surface area contributed by atoms with Gasteiger partial charge in [-0.15, -0.1) is 0 Å². The van der Waals surface area contributed by atoms with E-state index in [0.717, 1.165) is 0 Å². The Bertz CT molecular complexity index is 187. The Hall–Kier alpha value is 1.11. The Morgan fingerprint density at radius 2 is 2.08 bits per heavy atom. The van der Waals surface area contributed by atoms with E-state index in [1.807, 2.05) is 0 Å². The topological polar surface area (TPSA) is 130 Å². The molecule has 12 heavy (non-hydrogen) atoms. The third kappa shape index (κ3) is 9.20. The molecule has 7 nitrogen and oxygen atoms in total. The van der Waals surface area contributed by atoms with Crippen LogP contribution in [0.15, 0.2) is 0 Å². The second-order valence-electron chi connectivity index (χ2n) is 1.60. The summed E-state index contributed by atoms with van der Waals surface area (Å²) >= 11 is 0. The number of aliphatic hydroxyl groups excluding tert-OH is 1. The van der Waals surface area contributed by atoms with Gasteiger partial charge in [0.05, 0.1) is 12.6 Å². The van der Waals surface area contributed by atoms with Crippen LogP contribution in [0.2, 0.25) is 0 Å². The molecule has 0 heterocycles. The van der Waals surface area contributed by atoms with Crippen molar-refractivity contribution in [2.45, 2.75) is 6.10 Å². The molecule has 2 atom stereocenters. The van der Waals surface area contributed by atoms with Crippen molar-refractivity contribution in [2.24, 2.45) is 0 Å². The Labute approximate surface area is 108 Å². The van der Waals surface area contributed by atoms with Gasteiger partial charge in [0.15, 0.2) is 0 Å². The molecule has 0 radical (unpaired) electrons. The van der Waals surface area contributed by atoms with E-state index >= 15 is 0 Å². The second-order valence-corrected chi connectivity index (χ2v) is 2.79. The number of hydrogen-bond acceptors (Lipinski definition) is 6. The minimum Gasteiger partial charge on any atom is -0.756 e. The third-order valence-electron chi connectivity index (χ3n) is 0.668. The minimum atomic E-state index is -4.96. The normalized spacial score (nSPS) is 17.2. The summed E-state index contributed by atoms with van der Waals surface area (Å²) in [6.07, 6.45) is -2.07. The Kier molecular flexibility index (Phi) is 8.50. The van der Waals surface area contributed by atoms with Crippen molar-refractivity contribution in [1.29, 1.82) is 0 Å². The summed E-state index contributed by atoms with van der Waals surface area (Å²) in [5.74, 6) is -1.88. The molecular formula is C3H5BaO7P. The van der Waals surface area contributed by atoms with Crippen LogP contribution >= 0.6 is 7.82 Å². The molecule has 0 amide bonds. The maximum atomic E-state index is 9.79. The van der Waals surface area contributed by atoms with Crippen molar-refractivity contribution in [3.63, 3.8) is 0 Å². The molecule has 2 N–H and O–H groups in total. The monoisotopic (exact) mass is 322 g/mol. The first-order chi connectivity index (χ1) is 4.83. The fourth-order valence-corrected chi connectivity index (χ4v) is 0.562. The van der Waals surface area contributed by atoms with Crippen LogP contribution in [0.4, 0.5) is 0 Å². The van der Waals surface area contributed by atoms with E-state index in [1.165, 1.54) is 0 Å². The summed E-state index contributed by atoms with van der Waals surface area (Å²) in [6.45, 7) is -1.06. The van der Waals surface area contributed by atoms with E-state index in [-0.39, 0.29) is 48.9 Å². The Balaban J connectivity index is 0. The predicted octanol–water partition coefficient (Wildman–Crippen LogP) is -3.81. The quantitative estimate of drug-likeness (QED) is 0.401. The number of carboxylic acids is 1. The van der Waals surface area contributed by atoms with Crippen LogP contribution in [-0.2, 0) is 13.9 Å². The van der Waals surface area contributed by atoms with Gasteiger partial charge in [-0.3, -0.25) is 4.57 Å². The zero-order chi connectivity index (χ0) is 9.07. The summed E-state index contributed by atoms with van der Waals surface area (Å²) in [6, 6.07) is 0. The predicted molar refractivity (Wildman–Crippen MR) is 32.5 cm³/mol. The summed E-state index contributed by atoms with van der Waals surface area (Å²) in [5.41, 5.74) is 0. The first-order valence-corrected chi connectivity index (χ1v) is 3.90. The Morgan fingerprint density at radius 3 is 2.33 bits per heavy atom. The fourth-order valence-electron chi connectivity index (χ4n) is 0.233. The average Bonchev–Trinajstić information content (AvgIpc) is 1.80. The van der Waals surface area contributed by atoms with E-state index < -0.39 is 26.5 Å². The third-order valence-corrected chi connectivity index (χ3v) is 1.14. The molecule has 9 heteroatoms. The molecule has 0 bridgehead atoms. The van der Waals surface area contributed by atoms with Gasteiger partial charge in [-0.05, 0) is 0 Å². The van der Waals surface area contributed by atoms with E-state index in [9.17, 15) is 19.4 Å². The van der Waals surface area contributed by atoms with Crippen molar-refractivity contribution >= 4 is 62.7 Å². The molecule has 0 aliphatic rings. The van der Waals surface area contributed by atoms with E-state index in [0.29, 0.717) is 0 Å². The van der Waals surface area contributed by atoms with Crippen molar-refractivity contribution < 1.29 is 33.9 Å². The molecule has 0 aliphatic heterocycles. The number of aliphatic hydroxyl groups is 1. The molecule has 0 saturated heterocycles. The molecule has 0 spiro atoms. The van der Waals surface area contributed by atoms with Crippen molar-refractivity contribution in [1.82, 2.24) is 0 Å². The number of phosphoric ester groups is 1. The van der Waals surface area contributed by atoms with E-state index in [4.69, 9.17) is 10.00 Å². The molecule has 66 valence electrons. The standard InChI is InChI=1S/C3H7O7P.Ba/c4-2(3(5)6)1-10-11(7,8)9;/h2,4H,1H2,(H,5,6)(H2,7,8,9);/q;+2/p-2. The van der Waals surface area contributed by atoms with Gasteiger partial charge in [-0.2, -0.15) is 0 Å². The number of carboxylic acid groups (broad SMARTS) is 1. The molecule has 0 aromatic rings. The van der Waals surface area contributed by atoms with Crippen LogP contribution in [-0.4, -0.2) is 77.6 Å². The average molecular weight is 321 g/mol. The van der Waals surface area contributed by atoms with Gasteiger partial charge >= 0.3 is 48.9 Å². The number of aliphatic carboxylic acids is 1. The molecule has 2 unspecified atom stereocenters. The second kappa shape index (κ2) is 6.55. The van der Waals surface area contributed by atoms with E-state index in [1.54, 1.807) is 0 Å². The van der Waals surface area contributed by atoms with Crippen molar-refractivity contribution in [3.05, 3.63) is 0 Å². The number of hydrogen-bond donors (Lipinski definition) is 2. The molecule has 0 rings (SSSR count). The summed E-state index contributed by atoms with van der Waals surface area (Å²) < 4.78 is 13.3. The van der Waals surface area contributed by atoms with Crippen LogP contribution in [0.25, 0.3) is 0 Å². The van der Waals surface area contributed by atoms with Gasteiger partial charge in [0.1, 0.15) is 6.10 Å². The first-order valence-electron chi connectivity index (χ1n) is 2.40. The summed E-state index contributed by atoms with van der Waals surface area (Å²) in [7, 11) is -4.96. The zero-order valence-electron chi connectivity index (χ0n) is 5.87.